The lowest BCUT2D eigenvalue weighted by Gasteiger charge is -2.09. The van der Waals surface area contributed by atoms with Crippen LogP contribution in [0.2, 0.25) is 5.02 Å². The molecule has 6 nitrogen and oxygen atoms in total. The van der Waals surface area contributed by atoms with Gasteiger partial charge < -0.3 is 5.32 Å². The lowest BCUT2D eigenvalue weighted by molar-refractivity contribution is -0.111. The molecule has 0 saturated carbocycles. The molecule has 0 aliphatic heterocycles. The Hall–Kier alpha value is -3.03. The van der Waals surface area contributed by atoms with E-state index in [9.17, 15) is 9.59 Å². The Labute approximate surface area is 171 Å². The molecule has 0 spiro atoms. The fraction of sp³-hybridized carbons (Fsp3) is 0.100. The van der Waals surface area contributed by atoms with E-state index in [-0.39, 0.29) is 11.8 Å². The maximum atomic E-state index is 12.6. The first kappa shape index (κ1) is 19.7. The van der Waals surface area contributed by atoms with Crippen LogP contribution in [0, 0.1) is 0 Å². The molecule has 0 fully saturated rings. The van der Waals surface area contributed by atoms with Gasteiger partial charge in [0.25, 0.3) is 5.91 Å². The smallest absolute Gasteiger partial charge is 0.259 e. The van der Waals surface area contributed by atoms with Crippen LogP contribution in [-0.4, -0.2) is 22.0 Å². The number of hydrogen-bond donors (Lipinski definition) is 2. The number of hydrogen-bond acceptors (Lipinski definition) is 5. The zero-order chi connectivity index (χ0) is 19.9. The van der Waals surface area contributed by atoms with Crippen molar-refractivity contribution < 1.29 is 9.59 Å². The number of amides is 2. The number of carbonyl (C=O) groups excluding carboxylic acids is 2. The number of halogens is 1. The lowest BCUT2D eigenvalue weighted by Crippen LogP contribution is -2.16. The minimum atomic E-state index is -0.364. The van der Waals surface area contributed by atoms with Crippen molar-refractivity contribution in [1.82, 2.24) is 10.2 Å². The average Bonchev–Trinajstić information content (AvgIpc) is 3.15. The SMILES string of the molecule is CCc1nnc(NC(=O)c2ccccc2NC(=O)/C=C/c2ccc(Cl)cc2)s1. The maximum Gasteiger partial charge on any atom is 0.259 e. The molecule has 0 saturated heterocycles. The van der Waals surface area contributed by atoms with Gasteiger partial charge in [-0.15, -0.1) is 10.2 Å². The Kier molecular flexibility index (Phi) is 6.52. The van der Waals surface area contributed by atoms with Crippen LogP contribution in [0.4, 0.5) is 10.8 Å². The molecule has 2 aromatic carbocycles. The van der Waals surface area contributed by atoms with E-state index in [1.165, 1.54) is 17.4 Å². The third-order valence-electron chi connectivity index (χ3n) is 3.72. The summed E-state index contributed by atoms with van der Waals surface area (Å²) in [5.41, 5.74) is 1.59. The summed E-state index contributed by atoms with van der Waals surface area (Å²) in [5, 5.41) is 15.2. The molecular weight excluding hydrogens is 396 g/mol. The molecule has 0 unspecified atom stereocenters. The zero-order valence-electron chi connectivity index (χ0n) is 15.0. The van der Waals surface area contributed by atoms with Crippen molar-refractivity contribution in [3.05, 3.63) is 75.8 Å². The van der Waals surface area contributed by atoms with Crippen LogP contribution in [-0.2, 0) is 11.2 Å². The van der Waals surface area contributed by atoms with Crippen molar-refractivity contribution in [3.8, 4) is 0 Å². The summed E-state index contributed by atoms with van der Waals surface area (Å²) in [6.07, 6.45) is 3.82. The summed E-state index contributed by atoms with van der Waals surface area (Å²) in [7, 11) is 0. The van der Waals surface area contributed by atoms with E-state index in [2.05, 4.69) is 20.8 Å². The molecule has 2 amide bonds. The van der Waals surface area contributed by atoms with E-state index in [1.54, 1.807) is 54.6 Å². The minimum Gasteiger partial charge on any atom is -0.322 e. The third-order valence-corrected chi connectivity index (χ3v) is 4.95. The Balaban J connectivity index is 1.69. The normalized spacial score (nSPS) is 10.8. The Morgan fingerprint density at radius 3 is 2.54 bits per heavy atom. The van der Waals surface area contributed by atoms with Gasteiger partial charge in [0, 0.05) is 11.1 Å². The fourth-order valence-corrected chi connectivity index (χ4v) is 3.12. The summed E-state index contributed by atoms with van der Waals surface area (Å²) < 4.78 is 0. The second kappa shape index (κ2) is 9.25. The molecule has 0 bridgehead atoms. The Bertz CT molecular complexity index is 1020. The molecule has 0 atom stereocenters. The second-order valence-electron chi connectivity index (χ2n) is 5.73. The zero-order valence-corrected chi connectivity index (χ0v) is 16.6. The van der Waals surface area contributed by atoms with Crippen molar-refractivity contribution in [1.29, 1.82) is 0 Å². The molecule has 3 rings (SSSR count). The number of carbonyl (C=O) groups is 2. The molecule has 28 heavy (non-hydrogen) atoms. The molecule has 8 heteroatoms. The van der Waals surface area contributed by atoms with E-state index in [0.29, 0.717) is 21.4 Å². The van der Waals surface area contributed by atoms with Crippen LogP contribution in [0.3, 0.4) is 0 Å². The van der Waals surface area contributed by atoms with Crippen molar-refractivity contribution in [2.75, 3.05) is 10.6 Å². The first-order chi connectivity index (χ1) is 13.5. The first-order valence-corrected chi connectivity index (χ1v) is 9.72. The van der Waals surface area contributed by atoms with E-state index in [4.69, 9.17) is 11.6 Å². The van der Waals surface area contributed by atoms with Crippen LogP contribution in [0.25, 0.3) is 6.08 Å². The van der Waals surface area contributed by atoms with E-state index in [0.717, 1.165) is 17.0 Å². The molecule has 0 aliphatic rings. The van der Waals surface area contributed by atoms with Crippen LogP contribution in [0.1, 0.15) is 27.9 Å². The number of nitrogens with one attached hydrogen (secondary N) is 2. The van der Waals surface area contributed by atoms with Crippen molar-refractivity contribution in [3.63, 3.8) is 0 Å². The summed E-state index contributed by atoms with van der Waals surface area (Å²) in [6.45, 7) is 1.97. The van der Waals surface area contributed by atoms with Gasteiger partial charge in [-0.2, -0.15) is 0 Å². The Morgan fingerprint density at radius 2 is 1.82 bits per heavy atom. The molecule has 2 N–H and O–H groups in total. The predicted octanol–water partition coefficient (Wildman–Crippen LogP) is 4.66. The minimum absolute atomic E-state index is 0.337. The summed E-state index contributed by atoms with van der Waals surface area (Å²) in [5.74, 6) is -0.712. The van der Waals surface area contributed by atoms with Gasteiger partial charge in [0.05, 0.1) is 11.3 Å². The quantitative estimate of drug-likeness (QED) is 0.577. The number of aromatic nitrogens is 2. The van der Waals surface area contributed by atoms with Crippen molar-refractivity contribution in [2.24, 2.45) is 0 Å². The number of nitrogens with zero attached hydrogens (tertiary/aromatic N) is 2. The predicted molar refractivity (Wildman–Crippen MR) is 113 cm³/mol. The summed E-state index contributed by atoms with van der Waals surface area (Å²) in [6, 6.07) is 13.9. The summed E-state index contributed by atoms with van der Waals surface area (Å²) >= 11 is 7.17. The van der Waals surface area contributed by atoms with Gasteiger partial charge in [0.15, 0.2) is 0 Å². The molecule has 1 aromatic heterocycles. The molecule has 0 radical (unpaired) electrons. The van der Waals surface area contributed by atoms with E-state index < -0.39 is 0 Å². The van der Waals surface area contributed by atoms with Gasteiger partial charge in [-0.1, -0.05) is 54.1 Å². The van der Waals surface area contributed by atoms with Crippen LogP contribution < -0.4 is 10.6 Å². The maximum absolute atomic E-state index is 12.6. The van der Waals surface area contributed by atoms with Gasteiger partial charge >= 0.3 is 0 Å². The average molecular weight is 413 g/mol. The highest BCUT2D eigenvalue weighted by Gasteiger charge is 2.14. The van der Waals surface area contributed by atoms with Gasteiger partial charge in [0.1, 0.15) is 5.01 Å². The molecule has 0 aliphatic carbocycles. The first-order valence-electron chi connectivity index (χ1n) is 8.52. The van der Waals surface area contributed by atoms with E-state index in [1.807, 2.05) is 6.92 Å². The lowest BCUT2D eigenvalue weighted by atomic mass is 10.1. The van der Waals surface area contributed by atoms with Gasteiger partial charge in [-0.3, -0.25) is 14.9 Å². The molecule has 142 valence electrons. The van der Waals surface area contributed by atoms with E-state index >= 15 is 0 Å². The monoisotopic (exact) mass is 412 g/mol. The fourth-order valence-electron chi connectivity index (χ4n) is 2.32. The Morgan fingerprint density at radius 1 is 1.07 bits per heavy atom. The molecular formula is C20H17ClN4O2S. The highest BCUT2D eigenvalue weighted by molar-refractivity contribution is 7.15. The third kappa shape index (κ3) is 5.25. The van der Waals surface area contributed by atoms with Gasteiger partial charge in [0.2, 0.25) is 11.0 Å². The number of rotatable bonds is 6. The van der Waals surface area contributed by atoms with Crippen LogP contribution >= 0.6 is 22.9 Å². The van der Waals surface area contributed by atoms with Crippen molar-refractivity contribution >= 4 is 51.6 Å². The van der Waals surface area contributed by atoms with Crippen LogP contribution in [0.5, 0.6) is 0 Å². The second-order valence-corrected chi connectivity index (χ2v) is 7.23. The van der Waals surface area contributed by atoms with Crippen LogP contribution in [0.15, 0.2) is 54.6 Å². The number of benzene rings is 2. The molecule has 3 aromatic rings. The number of anilines is 2. The van der Waals surface area contributed by atoms with Gasteiger partial charge in [-0.05, 0) is 42.3 Å². The number of aryl methyl sites for hydroxylation is 1. The highest BCUT2D eigenvalue weighted by Crippen LogP contribution is 2.20. The largest absolute Gasteiger partial charge is 0.322 e. The summed E-state index contributed by atoms with van der Waals surface area (Å²) in [4.78, 5) is 24.8. The topological polar surface area (TPSA) is 84.0 Å². The van der Waals surface area contributed by atoms with Gasteiger partial charge in [-0.25, -0.2) is 0 Å². The standard InChI is InChI=1S/C20H17ClN4O2S/c1-2-18-24-25-20(28-18)23-19(27)15-5-3-4-6-16(15)22-17(26)12-9-13-7-10-14(21)11-8-13/h3-12H,2H2,1H3,(H,22,26)(H,23,25,27)/b12-9+. The number of para-hydroxylation sites is 1. The molecule has 1 heterocycles. The highest BCUT2D eigenvalue weighted by atomic mass is 35.5. The van der Waals surface area contributed by atoms with Crippen molar-refractivity contribution in [2.45, 2.75) is 13.3 Å².